The van der Waals surface area contributed by atoms with Crippen molar-refractivity contribution in [3.05, 3.63) is 35.9 Å². The molecule has 1 aliphatic rings. The van der Waals surface area contributed by atoms with Crippen molar-refractivity contribution in [2.24, 2.45) is 11.8 Å². The van der Waals surface area contributed by atoms with Crippen LogP contribution in [0, 0.1) is 11.8 Å². The van der Waals surface area contributed by atoms with Gasteiger partial charge in [0.1, 0.15) is 11.2 Å². The Morgan fingerprint density at radius 2 is 1.55 bits per heavy atom. The molecule has 1 aromatic carbocycles. The molecular formula is C27H44O4. The fourth-order valence-electron chi connectivity index (χ4n) is 5.37. The first-order chi connectivity index (χ1) is 14.7. The fourth-order valence-corrected chi connectivity index (χ4v) is 5.37. The second-order valence-corrected chi connectivity index (χ2v) is 10.6. The normalized spacial score (nSPS) is 25.4. The van der Waals surface area contributed by atoms with Crippen LogP contribution in [0.2, 0.25) is 0 Å². The van der Waals surface area contributed by atoms with Gasteiger partial charge < -0.3 is 5.11 Å². The lowest BCUT2D eigenvalue weighted by Gasteiger charge is -2.26. The van der Waals surface area contributed by atoms with E-state index in [0.717, 1.165) is 6.42 Å². The standard InChI is InChI=1S/C27H44O4/c1-22(14-10-7-5-6-8-11-15-24-16-12-9-13-17-24)18-23(2)19-26(3)21-27(4,31-30-26)20-25(28)29/h9,12-13,16-17,22-23H,5-8,10-11,14-15,18-21H2,1-4H3,(H,28,29)/t22-,23-,26-,27-/m0/s1. The summed E-state index contributed by atoms with van der Waals surface area (Å²) in [7, 11) is 0. The molecule has 0 unspecified atom stereocenters. The molecule has 176 valence electrons. The number of rotatable bonds is 15. The molecule has 1 N–H and O–H groups in total. The van der Waals surface area contributed by atoms with Crippen LogP contribution in [0.25, 0.3) is 0 Å². The van der Waals surface area contributed by atoms with Crippen LogP contribution in [0.3, 0.4) is 0 Å². The van der Waals surface area contributed by atoms with Crippen molar-refractivity contribution in [3.63, 3.8) is 0 Å². The molecule has 1 fully saturated rings. The van der Waals surface area contributed by atoms with Crippen molar-refractivity contribution in [3.8, 4) is 0 Å². The number of benzene rings is 1. The van der Waals surface area contributed by atoms with Gasteiger partial charge >= 0.3 is 5.97 Å². The molecule has 0 spiro atoms. The quantitative estimate of drug-likeness (QED) is 0.232. The summed E-state index contributed by atoms with van der Waals surface area (Å²) in [5.74, 6) is 0.409. The van der Waals surface area contributed by atoms with Crippen LogP contribution in [0.15, 0.2) is 30.3 Å². The molecule has 4 heteroatoms. The summed E-state index contributed by atoms with van der Waals surface area (Å²) in [6.45, 7) is 8.53. The van der Waals surface area contributed by atoms with E-state index in [9.17, 15) is 4.79 Å². The van der Waals surface area contributed by atoms with Gasteiger partial charge in [-0.3, -0.25) is 4.79 Å². The zero-order valence-electron chi connectivity index (χ0n) is 20.2. The Labute approximate surface area is 189 Å². The first-order valence-electron chi connectivity index (χ1n) is 12.3. The van der Waals surface area contributed by atoms with Crippen molar-refractivity contribution in [1.29, 1.82) is 0 Å². The van der Waals surface area contributed by atoms with E-state index in [1.165, 1.54) is 63.4 Å². The lowest BCUT2D eigenvalue weighted by molar-refractivity contribution is -0.346. The molecule has 1 saturated heterocycles. The van der Waals surface area contributed by atoms with Crippen LogP contribution in [0.4, 0.5) is 0 Å². The monoisotopic (exact) mass is 432 g/mol. The van der Waals surface area contributed by atoms with Gasteiger partial charge in [0.25, 0.3) is 0 Å². The van der Waals surface area contributed by atoms with E-state index in [-0.39, 0.29) is 12.0 Å². The number of hydrogen-bond donors (Lipinski definition) is 1. The van der Waals surface area contributed by atoms with Gasteiger partial charge in [-0.05, 0) is 56.9 Å². The molecule has 0 saturated carbocycles. The molecule has 31 heavy (non-hydrogen) atoms. The van der Waals surface area contributed by atoms with Crippen molar-refractivity contribution in [2.75, 3.05) is 0 Å². The van der Waals surface area contributed by atoms with Gasteiger partial charge in [-0.2, -0.15) is 0 Å². The van der Waals surface area contributed by atoms with Gasteiger partial charge in [0.2, 0.25) is 0 Å². The Morgan fingerprint density at radius 1 is 0.935 bits per heavy atom. The average Bonchev–Trinajstić information content (AvgIpc) is 2.97. The Bertz CT molecular complexity index is 646. The minimum absolute atomic E-state index is 0.0143. The van der Waals surface area contributed by atoms with E-state index >= 15 is 0 Å². The zero-order chi connectivity index (χ0) is 22.7. The second-order valence-electron chi connectivity index (χ2n) is 10.6. The number of aryl methyl sites for hydroxylation is 1. The van der Waals surface area contributed by atoms with Crippen molar-refractivity contribution in [2.45, 2.75) is 116 Å². The van der Waals surface area contributed by atoms with Crippen LogP contribution < -0.4 is 0 Å². The van der Waals surface area contributed by atoms with E-state index < -0.39 is 11.6 Å². The van der Waals surface area contributed by atoms with Gasteiger partial charge in [-0.15, -0.1) is 0 Å². The van der Waals surface area contributed by atoms with Crippen molar-refractivity contribution >= 4 is 5.97 Å². The molecule has 0 amide bonds. The van der Waals surface area contributed by atoms with Gasteiger partial charge in [0.15, 0.2) is 0 Å². The first kappa shape index (κ1) is 25.9. The largest absolute Gasteiger partial charge is 0.481 e. The van der Waals surface area contributed by atoms with Crippen LogP contribution in [-0.2, 0) is 21.0 Å². The number of carboxylic acid groups (broad SMARTS) is 1. The van der Waals surface area contributed by atoms with E-state index in [0.29, 0.717) is 18.3 Å². The van der Waals surface area contributed by atoms with E-state index in [1.54, 1.807) is 0 Å². The summed E-state index contributed by atoms with van der Waals surface area (Å²) in [6.07, 6.45) is 13.2. The van der Waals surface area contributed by atoms with Crippen LogP contribution in [-0.4, -0.2) is 22.3 Å². The Hall–Kier alpha value is -1.39. The molecule has 4 nitrogen and oxygen atoms in total. The molecule has 2 rings (SSSR count). The minimum Gasteiger partial charge on any atom is -0.481 e. The van der Waals surface area contributed by atoms with Gasteiger partial charge in [0.05, 0.1) is 6.42 Å². The SMILES string of the molecule is C[C@@H](CCCCCCCCc1ccccc1)C[C@H](C)C[C@@]1(C)C[C@](C)(CC(=O)O)OO1. The maximum absolute atomic E-state index is 11.1. The van der Waals surface area contributed by atoms with Gasteiger partial charge in [-0.25, -0.2) is 9.78 Å². The van der Waals surface area contributed by atoms with Crippen molar-refractivity contribution in [1.82, 2.24) is 0 Å². The summed E-state index contributed by atoms with van der Waals surface area (Å²) < 4.78 is 0. The third-order valence-electron chi connectivity index (χ3n) is 6.56. The topological polar surface area (TPSA) is 55.8 Å². The first-order valence-corrected chi connectivity index (χ1v) is 12.3. The van der Waals surface area contributed by atoms with Gasteiger partial charge in [-0.1, -0.05) is 82.7 Å². The van der Waals surface area contributed by atoms with E-state index in [1.807, 2.05) is 6.92 Å². The minimum atomic E-state index is -0.840. The molecule has 4 atom stereocenters. The lowest BCUT2D eigenvalue weighted by Crippen LogP contribution is -2.32. The van der Waals surface area contributed by atoms with E-state index in [2.05, 4.69) is 51.1 Å². The molecule has 0 radical (unpaired) electrons. The zero-order valence-corrected chi connectivity index (χ0v) is 20.2. The Kier molecular flexibility index (Phi) is 10.5. The molecule has 0 aliphatic carbocycles. The molecule has 1 aromatic rings. The maximum atomic E-state index is 11.1. The third kappa shape index (κ3) is 10.2. The lowest BCUT2D eigenvalue weighted by atomic mass is 9.80. The summed E-state index contributed by atoms with van der Waals surface area (Å²) in [5.41, 5.74) is 0.358. The highest BCUT2D eigenvalue weighted by atomic mass is 17.2. The highest BCUT2D eigenvalue weighted by molar-refractivity contribution is 5.68. The number of unbranched alkanes of at least 4 members (excludes halogenated alkanes) is 5. The number of hydrogen-bond acceptors (Lipinski definition) is 3. The van der Waals surface area contributed by atoms with Crippen LogP contribution >= 0.6 is 0 Å². The molecule has 1 aliphatic heterocycles. The Morgan fingerprint density at radius 3 is 2.23 bits per heavy atom. The highest BCUT2D eigenvalue weighted by Crippen LogP contribution is 2.42. The highest BCUT2D eigenvalue weighted by Gasteiger charge is 2.47. The Balaban J connectivity index is 1.52. The predicted molar refractivity (Wildman–Crippen MR) is 126 cm³/mol. The number of aliphatic carboxylic acids is 1. The summed E-state index contributed by atoms with van der Waals surface area (Å²) in [4.78, 5) is 22.1. The fraction of sp³-hybridized carbons (Fsp3) is 0.741. The smallest absolute Gasteiger partial charge is 0.306 e. The summed E-state index contributed by atoms with van der Waals surface area (Å²) >= 11 is 0. The predicted octanol–water partition coefficient (Wildman–Crippen LogP) is 7.36. The molecule has 1 heterocycles. The molecular weight excluding hydrogens is 388 g/mol. The summed E-state index contributed by atoms with van der Waals surface area (Å²) in [5, 5.41) is 9.09. The van der Waals surface area contributed by atoms with Crippen LogP contribution in [0.5, 0.6) is 0 Å². The average molecular weight is 433 g/mol. The van der Waals surface area contributed by atoms with Gasteiger partial charge in [0, 0.05) is 6.42 Å². The number of carbonyl (C=O) groups is 1. The van der Waals surface area contributed by atoms with Crippen LogP contribution in [0.1, 0.15) is 104 Å². The summed E-state index contributed by atoms with van der Waals surface area (Å²) in [6, 6.07) is 10.8. The maximum Gasteiger partial charge on any atom is 0.306 e. The van der Waals surface area contributed by atoms with Crippen molar-refractivity contribution < 1.29 is 19.7 Å². The second kappa shape index (κ2) is 12.6. The van der Waals surface area contributed by atoms with E-state index in [4.69, 9.17) is 14.9 Å². The third-order valence-corrected chi connectivity index (χ3v) is 6.56. The number of carboxylic acids is 1. The molecule has 0 bridgehead atoms. The molecule has 0 aromatic heterocycles.